The largest absolute Gasteiger partial charge is 0.370 e. The molecular formula is C23H21Cl3N6O2. The van der Waals surface area contributed by atoms with Crippen LogP contribution in [0.3, 0.4) is 0 Å². The van der Waals surface area contributed by atoms with Crippen LogP contribution >= 0.6 is 34.8 Å². The average Bonchev–Trinajstić information content (AvgIpc) is 3.29. The lowest BCUT2D eigenvalue weighted by Gasteiger charge is -2.29. The van der Waals surface area contributed by atoms with Gasteiger partial charge in [0, 0.05) is 30.0 Å². The first kappa shape index (κ1) is 22.8. The van der Waals surface area contributed by atoms with Crippen molar-refractivity contribution in [3.63, 3.8) is 0 Å². The standard InChI is InChI=1S/C23H21Cl3N6O2/c1-12-14(22(33)32(30-12)21-15(25)7-13(24)8-16(21)26)11-27-19-9-17-18(29-23(34)28-17)10-20(19)31-5-3-2-4-6-31/h7-11,30H,2-6H2,1H3,(H2,28,29,34). The Labute approximate surface area is 209 Å². The van der Waals surface area contributed by atoms with Gasteiger partial charge in [-0.3, -0.25) is 14.9 Å². The number of aromatic amines is 3. The first-order chi connectivity index (χ1) is 16.3. The van der Waals surface area contributed by atoms with Crippen molar-refractivity contribution in [3.05, 3.63) is 71.4 Å². The van der Waals surface area contributed by atoms with Crippen LogP contribution < -0.4 is 16.1 Å². The molecule has 8 nitrogen and oxygen atoms in total. The molecule has 0 bridgehead atoms. The molecule has 0 aliphatic carbocycles. The smallest absolute Gasteiger partial charge is 0.323 e. The molecule has 1 fully saturated rings. The molecule has 1 saturated heterocycles. The van der Waals surface area contributed by atoms with Crippen molar-refractivity contribution < 1.29 is 0 Å². The van der Waals surface area contributed by atoms with Crippen LogP contribution in [0.15, 0.2) is 38.8 Å². The number of fused-ring (bicyclic) bond motifs is 1. The summed E-state index contributed by atoms with van der Waals surface area (Å²) in [5.74, 6) is 0. The molecule has 34 heavy (non-hydrogen) atoms. The SMILES string of the molecule is Cc1[nH]n(-c2c(Cl)cc(Cl)cc2Cl)c(=O)c1C=Nc1cc2[nH]c(=O)[nH]c2cc1N1CCCCC1. The maximum absolute atomic E-state index is 13.2. The molecule has 4 aromatic rings. The van der Waals surface area contributed by atoms with Gasteiger partial charge in [-0.15, -0.1) is 0 Å². The summed E-state index contributed by atoms with van der Waals surface area (Å²) in [6.45, 7) is 3.59. The number of aromatic nitrogens is 4. The minimum Gasteiger partial charge on any atom is -0.370 e. The number of hydrogen-bond donors (Lipinski definition) is 3. The number of piperidine rings is 1. The quantitative estimate of drug-likeness (QED) is 0.317. The molecule has 0 unspecified atom stereocenters. The third-order valence-electron chi connectivity index (χ3n) is 5.96. The lowest BCUT2D eigenvalue weighted by atomic mass is 10.1. The van der Waals surface area contributed by atoms with Crippen LogP contribution in [0.4, 0.5) is 11.4 Å². The van der Waals surface area contributed by atoms with Crippen molar-refractivity contribution in [2.75, 3.05) is 18.0 Å². The van der Waals surface area contributed by atoms with Crippen molar-refractivity contribution in [2.45, 2.75) is 26.2 Å². The molecule has 3 N–H and O–H groups in total. The molecule has 5 rings (SSSR count). The molecule has 0 saturated carbocycles. The predicted octanol–water partition coefficient (Wildman–Crippen LogP) is 5.34. The Morgan fingerprint density at radius 2 is 1.59 bits per heavy atom. The second kappa shape index (κ2) is 9.02. The van der Waals surface area contributed by atoms with Gasteiger partial charge in [0.15, 0.2) is 0 Å². The van der Waals surface area contributed by atoms with E-state index in [2.05, 4.69) is 25.0 Å². The zero-order valence-electron chi connectivity index (χ0n) is 18.2. The number of rotatable bonds is 4. The van der Waals surface area contributed by atoms with E-state index in [0.29, 0.717) is 33.2 Å². The van der Waals surface area contributed by atoms with E-state index in [9.17, 15) is 9.59 Å². The fraction of sp³-hybridized carbons (Fsp3) is 0.261. The molecule has 2 aromatic carbocycles. The maximum Gasteiger partial charge on any atom is 0.323 e. The number of benzene rings is 2. The Morgan fingerprint density at radius 1 is 0.941 bits per heavy atom. The van der Waals surface area contributed by atoms with E-state index in [0.717, 1.165) is 37.1 Å². The molecular weight excluding hydrogens is 499 g/mol. The first-order valence-electron chi connectivity index (χ1n) is 10.8. The number of aliphatic imine (C=N–C) groups is 1. The number of aryl methyl sites for hydroxylation is 1. The molecule has 176 valence electrons. The summed E-state index contributed by atoms with van der Waals surface area (Å²) in [4.78, 5) is 37.6. The van der Waals surface area contributed by atoms with Crippen molar-refractivity contribution in [2.24, 2.45) is 4.99 Å². The van der Waals surface area contributed by atoms with Gasteiger partial charge in [-0.25, -0.2) is 9.48 Å². The number of H-pyrrole nitrogens is 3. The van der Waals surface area contributed by atoms with Crippen molar-refractivity contribution in [3.8, 4) is 5.69 Å². The highest BCUT2D eigenvalue weighted by Crippen LogP contribution is 2.34. The minimum absolute atomic E-state index is 0.249. The summed E-state index contributed by atoms with van der Waals surface area (Å²) in [7, 11) is 0. The highest BCUT2D eigenvalue weighted by atomic mass is 35.5. The summed E-state index contributed by atoms with van der Waals surface area (Å²) < 4.78 is 1.29. The third-order valence-corrected chi connectivity index (χ3v) is 6.76. The van der Waals surface area contributed by atoms with E-state index >= 15 is 0 Å². The number of nitrogens with zero attached hydrogens (tertiary/aromatic N) is 3. The van der Waals surface area contributed by atoms with Gasteiger partial charge in [-0.05, 0) is 50.5 Å². The summed E-state index contributed by atoms with van der Waals surface area (Å²) in [5.41, 5.74) is 3.62. The van der Waals surface area contributed by atoms with Gasteiger partial charge in [-0.1, -0.05) is 34.8 Å². The van der Waals surface area contributed by atoms with E-state index in [-0.39, 0.29) is 21.3 Å². The molecule has 3 heterocycles. The predicted molar refractivity (Wildman–Crippen MR) is 138 cm³/mol. The average molecular weight is 520 g/mol. The Balaban J connectivity index is 1.59. The van der Waals surface area contributed by atoms with Crippen molar-refractivity contribution in [1.82, 2.24) is 19.7 Å². The molecule has 0 radical (unpaired) electrons. The summed E-state index contributed by atoms with van der Waals surface area (Å²) in [6.07, 6.45) is 4.90. The summed E-state index contributed by atoms with van der Waals surface area (Å²) >= 11 is 18.7. The Kier molecular flexibility index (Phi) is 6.06. The van der Waals surface area contributed by atoms with E-state index in [1.54, 1.807) is 6.92 Å². The number of hydrogen-bond acceptors (Lipinski definition) is 4. The lowest BCUT2D eigenvalue weighted by Crippen LogP contribution is -2.29. The van der Waals surface area contributed by atoms with E-state index in [4.69, 9.17) is 34.8 Å². The van der Waals surface area contributed by atoms with E-state index < -0.39 is 0 Å². The minimum atomic E-state index is -0.344. The summed E-state index contributed by atoms with van der Waals surface area (Å²) in [6, 6.07) is 6.80. The topological polar surface area (TPSA) is 102 Å². The van der Waals surface area contributed by atoms with Gasteiger partial charge in [0.25, 0.3) is 5.56 Å². The number of anilines is 1. The van der Waals surface area contributed by atoms with Crippen LogP contribution in [0.1, 0.15) is 30.5 Å². The number of halogens is 3. The van der Waals surface area contributed by atoms with Crippen LogP contribution in [0.5, 0.6) is 0 Å². The molecule has 0 spiro atoms. The summed E-state index contributed by atoms with van der Waals surface area (Å²) in [5, 5.41) is 3.89. The van der Waals surface area contributed by atoms with Gasteiger partial charge < -0.3 is 14.9 Å². The van der Waals surface area contributed by atoms with E-state index in [1.165, 1.54) is 29.4 Å². The zero-order valence-corrected chi connectivity index (χ0v) is 20.5. The molecule has 0 atom stereocenters. The van der Waals surface area contributed by atoms with E-state index in [1.807, 2.05) is 12.1 Å². The van der Waals surface area contributed by atoms with Crippen LogP contribution in [0, 0.1) is 6.92 Å². The highest BCUT2D eigenvalue weighted by molar-refractivity contribution is 6.40. The fourth-order valence-electron chi connectivity index (χ4n) is 4.30. The Morgan fingerprint density at radius 3 is 2.26 bits per heavy atom. The molecule has 1 aliphatic heterocycles. The lowest BCUT2D eigenvalue weighted by molar-refractivity contribution is 0.578. The molecule has 11 heteroatoms. The van der Waals surface area contributed by atoms with Crippen LogP contribution in [-0.4, -0.2) is 39.1 Å². The van der Waals surface area contributed by atoms with Gasteiger partial charge in [-0.2, -0.15) is 0 Å². The second-order valence-corrected chi connectivity index (χ2v) is 9.53. The molecule has 0 amide bonds. The number of imidazole rings is 1. The second-order valence-electron chi connectivity index (χ2n) is 8.28. The fourth-order valence-corrected chi connectivity index (χ4v) is 5.29. The highest BCUT2D eigenvalue weighted by Gasteiger charge is 2.19. The van der Waals surface area contributed by atoms with Crippen molar-refractivity contribution in [1.29, 1.82) is 0 Å². The molecule has 1 aliphatic rings. The van der Waals surface area contributed by atoms with Crippen LogP contribution in [-0.2, 0) is 0 Å². The Hall–Kier alpha value is -2.94. The van der Waals surface area contributed by atoms with Crippen molar-refractivity contribution >= 4 is 63.4 Å². The first-order valence-corrected chi connectivity index (χ1v) is 12.0. The third kappa shape index (κ3) is 4.17. The van der Waals surface area contributed by atoms with Crippen LogP contribution in [0.2, 0.25) is 15.1 Å². The normalized spacial score (nSPS) is 14.5. The number of nitrogens with one attached hydrogen (secondary N) is 3. The van der Waals surface area contributed by atoms with Gasteiger partial charge in [0.1, 0.15) is 5.69 Å². The molecule has 2 aromatic heterocycles. The van der Waals surface area contributed by atoms with Gasteiger partial charge in [0.2, 0.25) is 0 Å². The Bertz CT molecular complexity index is 1520. The zero-order chi connectivity index (χ0) is 24.0. The van der Waals surface area contributed by atoms with Crippen LogP contribution in [0.25, 0.3) is 16.7 Å². The van der Waals surface area contributed by atoms with Gasteiger partial charge in [0.05, 0.1) is 38.0 Å². The monoisotopic (exact) mass is 518 g/mol. The van der Waals surface area contributed by atoms with Gasteiger partial charge >= 0.3 is 5.69 Å². The maximum atomic E-state index is 13.2.